The van der Waals surface area contributed by atoms with Crippen molar-refractivity contribution < 1.29 is 0 Å². The maximum atomic E-state index is 3.70. The number of hydrogen-bond acceptors (Lipinski definition) is 2. The lowest BCUT2D eigenvalue weighted by Gasteiger charge is -2.35. The Labute approximate surface area is 407 Å². The van der Waals surface area contributed by atoms with E-state index in [2.05, 4.69) is 274 Å². The van der Waals surface area contributed by atoms with E-state index >= 15 is 0 Å². The molecule has 1 atom stereocenters. The molecular formula is C67H54N2. The molecule has 1 heterocycles. The maximum Gasteiger partial charge on any atom is 0.0714 e. The summed E-state index contributed by atoms with van der Waals surface area (Å²) in [4.78, 5) is 2.42. The number of anilines is 3. The maximum absolute atomic E-state index is 3.70. The van der Waals surface area contributed by atoms with Gasteiger partial charge in [-0.25, -0.2) is 0 Å². The number of rotatable bonds is 8. The zero-order valence-electron chi connectivity index (χ0n) is 39.4. The molecule has 69 heavy (non-hydrogen) atoms. The van der Waals surface area contributed by atoms with Crippen LogP contribution < -0.4 is 10.2 Å². The number of allylic oxidation sites excluding steroid dienone is 2. The lowest BCUT2D eigenvalue weighted by atomic mass is 9.67. The second kappa shape index (κ2) is 18.7. The normalized spacial score (nSPS) is 14.3. The fraction of sp³-hybridized carbons (Fsp3) is 0.0746. The third-order valence-corrected chi connectivity index (χ3v) is 14.0. The highest BCUT2D eigenvalue weighted by atomic mass is 15.1. The van der Waals surface area contributed by atoms with E-state index in [0.29, 0.717) is 0 Å². The summed E-state index contributed by atoms with van der Waals surface area (Å²) in [6, 6.07) is 90.6. The predicted octanol–water partition coefficient (Wildman–Crippen LogP) is 17.1. The van der Waals surface area contributed by atoms with Gasteiger partial charge in [-0.05, 0) is 146 Å². The number of nitrogens with zero attached hydrogens (tertiary/aromatic N) is 1. The Kier molecular flexibility index (Phi) is 11.7. The molecule has 1 unspecified atom stereocenters. The van der Waals surface area contributed by atoms with Gasteiger partial charge < -0.3 is 10.2 Å². The first-order valence-electron chi connectivity index (χ1n) is 24.1. The first kappa shape index (κ1) is 43.1. The lowest BCUT2D eigenvalue weighted by molar-refractivity contribution is 0.768. The number of benzene rings is 10. The van der Waals surface area contributed by atoms with Gasteiger partial charge in [-0.15, -0.1) is 0 Å². The predicted molar refractivity (Wildman–Crippen MR) is 292 cm³/mol. The summed E-state index contributed by atoms with van der Waals surface area (Å²) in [5.74, 6) is 0. The number of fused-ring (bicyclic) bond motifs is 4. The zero-order valence-corrected chi connectivity index (χ0v) is 39.4. The largest absolute Gasteiger partial charge is 0.384 e. The van der Waals surface area contributed by atoms with Gasteiger partial charge in [-0.3, -0.25) is 0 Å². The van der Waals surface area contributed by atoms with Crippen LogP contribution >= 0.6 is 0 Å². The van der Waals surface area contributed by atoms with Crippen LogP contribution in [0.3, 0.4) is 0 Å². The van der Waals surface area contributed by atoms with Gasteiger partial charge in [0.25, 0.3) is 0 Å². The monoisotopic (exact) mass is 886 g/mol. The van der Waals surface area contributed by atoms with Crippen LogP contribution in [-0.4, -0.2) is 6.04 Å². The minimum absolute atomic E-state index is 0.182. The van der Waals surface area contributed by atoms with Crippen molar-refractivity contribution in [2.45, 2.75) is 32.2 Å². The first-order chi connectivity index (χ1) is 34.0. The molecule has 332 valence electrons. The second-order valence-electron chi connectivity index (χ2n) is 18.3. The van der Waals surface area contributed by atoms with E-state index in [1.807, 2.05) is 18.2 Å². The van der Waals surface area contributed by atoms with E-state index in [1.54, 1.807) is 0 Å². The van der Waals surface area contributed by atoms with Crippen molar-refractivity contribution in [2.75, 3.05) is 4.90 Å². The van der Waals surface area contributed by atoms with E-state index in [0.717, 1.165) is 17.1 Å². The molecular weight excluding hydrogens is 833 g/mol. The van der Waals surface area contributed by atoms with Crippen LogP contribution in [0.5, 0.6) is 0 Å². The Morgan fingerprint density at radius 3 is 1.59 bits per heavy atom. The van der Waals surface area contributed by atoms with Crippen LogP contribution in [0.25, 0.3) is 44.2 Å². The summed E-state index contributed by atoms with van der Waals surface area (Å²) in [7, 11) is 0. The van der Waals surface area contributed by atoms with Crippen molar-refractivity contribution >= 4 is 39.0 Å². The fourth-order valence-electron chi connectivity index (χ4n) is 10.6. The Morgan fingerprint density at radius 1 is 0.435 bits per heavy atom. The van der Waals surface area contributed by atoms with Gasteiger partial charge in [0.2, 0.25) is 0 Å². The van der Waals surface area contributed by atoms with E-state index < -0.39 is 5.41 Å². The Bertz CT molecular complexity index is 3420. The molecule has 0 amide bonds. The van der Waals surface area contributed by atoms with E-state index in [-0.39, 0.29) is 6.04 Å². The summed E-state index contributed by atoms with van der Waals surface area (Å²) in [5, 5.41) is 6.26. The fourth-order valence-corrected chi connectivity index (χ4v) is 10.6. The summed E-state index contributed by atoms with van der Waals surface area (Å²) in [6.45, 7) is 6.56. The van der Waals surface area contributed by atoms with Crippen molar-refractivity contribution in [3.63, 3.8) is 0 Å². The molecule has 2 aliphatic rings. The molecule has 0 fully saturated rings. The molecule has 0 radical (unpaired) electrons. The highest BCUT2D eigenvalue weighted by Crippen LogP contribution is 2.57. The highest BCUT2D eigenvalue weighted by molar-refractivity contribution is 6.00. The molecule has 1 aliphatic heterocycles. The quantitative estimate of drug-likeness (QED) is 0.164. The van der Waals surface area contributed by atoms with Gasteiger partial charge in [-0.1, -0.05) is 218 Å². The Balaban J connectivity index is 0.000000685. The summed E-state index contributed by atoms with van der Waals surface area (Å²) in [6.07, 6.45) is 4.56. The minimum atomic E-state index is -0.499. The molecule has 0 saturated heterocycles. The van der Waals surface area contributed by atoms with E-state index in [1.165, 1.54) is 88.7 Å². The topological polar surface area (TPSA) is 15.3 Å². The smallest absolute Gasteiger partial charge is 0.0714 e. The van der Waals surface area contributed by atoms with Crippen molar-refractivity contribution in [1.82, 2.24) is 5.32 Å². The van der Waals surface area contributed by atoms with Crippen LogP contribution in [0.2, 0.25) is 0 Å². The molecule has 10 aromatic rings. The average molecular weight is 887 g/mol. The molecule has 12 rings (SSSR count). The van der Waals surface area contributed by atoms with Crippen molar-refractivity contribution in [2.24, 2.45) is 0 Å². The molecule has 0 spiro atoms. The summed E-state index contributed by atoms with van der Waals surface area (Å²) < 4.78 is 0. The van der Waals surface area contributed by atoms with E-state index in [4.69, 9.17) is 0 Å². The molecule has 10 aromatic carbocycles. The van der Waals surface area contributed by atoms with Crippen molar-refractivity contribution in [3.8, 4) is 22.3 Å². The van der Waals surface area contributed by atoms with Gasteiger partial charge in [-0.2, -0.15) is 0 Å². The van der Waals surface area contributed by atoms with Crippen LogP contribution in [0.4, 0.5) is 17.1 Å². The highest BCUT2D eigenvalue weighted by Gasteiger charge is 2.46. The lowest BCUT2D eigenvalue weighted by Crippen LogP contribution is -2.28. The van der Waals surface area contributed by atoms with E-state index in [9.17, 15) is 0 Å². The van der Waals surface area contributed by atoms with Crippen LogP contribution in [0, 0.1) is 13.8 Å². The SMILES string of the molecule is Cc1ccc2ccccc2c1C1=CC(c2ccc(N(c3ccc(-c4ccccc4)cc3)c3ccc4c(c3)C(c3ccccc3)(c3ccccc3)c3ccccc3-4)cc2)=CNC1C.Cc1ccccc1. The molecule has 0 bridgehead atoms. The second-order valence-corrected chi connectivity index (χ2v) is 18.3. The third kappa shape index (κ3) is 8.04. The van der Waals surface area contributed by atoms with Crippen LogP contribution in [0.1, 0.15) is 51.4 Å². The van der Waals surface area contributed by atoms with Crippen molar-refractivity contribution in [1.29, 1.82) is 0 Å². The number of hydrogen-bond donors (Lipinski definition) is 1. The summed E-state index contributed by atoms with van der Waals surface area (Å²) in [5.41, 5.74) is 20.4. The van der Waals surface area contributed by atoms with Crippen LogP contribution in [-0.2, 0) is 5.41 Å². The Morgan fingerprint density at radius 2 is 0.957 bits per heavy atom. The van der Waals surface area contributed by atoms with Gasteiger partial charge >= 0.3 is 0 Å². The molecule has 1 N–H and O–H groups in total. The first-order valence-corrected chi connectivity index (χ1v) is 24.1. The Hall–Kier alpha value is -8.46. The van der Waals surface area contributed by atoms with Gasteiger partial charge in [0.15, 0.2) is 0 Å². The standard InChI is InChI=1S/C60H46N2.C7H8/c1-41-26-27-46-18-12-13-23-53(46)59(41)56-38-47(40-61-42(56)2)45-30-34-51(35-31-45)62(50-32-28-44(29-33-50)43-16-6-3-7-17-43)52-36-37-55-54-24-14-15-25-57(54)60(58(55)39-52,48-19-8-4-9-20-48)49-21-10-5-11-22-49;1-7-5-3-2-4-6-7/h3-40,42,61H,1-2H3;2-6H,1H3. The molecule has 2 nitrogen and oxygen atoms in total. The minimum Gasteiger partial charge on any atom is -0.384 e. The molecule has 0 saturated carbocycles. The number of dihydropyridines is 1. The third-order valence-electron chi connectivity index (χ3n) is 14.0. The number of aryl methyl sites for hydroxylation is 2. The van der Waals surface area contributed by atoms with Gasteiger partial charge in [0.1, 0.15) is 0 Å². The molecule has 2 heteroatoms. The molecule has 0 aromatic heterocycles. The number of nitrogens with one attached hydrogen (secondary N) is 1. The summed E-state index contributed by atoms with van der Waals surface area (Å²) >= 11 is 0. The van der Waals surface area contributed by atoms with Crippen LogP contribution in [0.15, 0.2) is 261 Å². The van der Waals surface area contributed by atoms with Gasteiger partial charge in [0, 0.05) is 29.3 Å². The van der Waals surface area contributed by atoms with Gasteiger partial charge in [0.05, 0.1) is 5.41 Å². The molecule has 1 aliphatic carbocycles. The zero-order chi connectivity index (χ0) is 46.7. The average Bonchev–Trinajstić information content (AvgIpc) is 3.71. The van der Waals surface area contributed by atoms with Crippen molar-refractivity contribution in [3.05, 3.63) is 306 Å².